The fraction of sp³-hybridized carbons (Fsp3) is 0.647. The molecule has 2 aliphatic heterocycles. The Morgan fingerprint density at radius 1 is 1.33 bits per heavy atom. The van der Waals surface area contributed by atoms with Crippen LogP contribution in [0.1, 0.15) is 42.6 Å². The Morgan fingerprint density at radius 3 is 2.90 bits per heavy atom. The van der Waals surface area contributed by atoms with Crippen LogP contribution in [-0.4, -0.2) is 30.7 Å². The summed E-state index contributed by atoms with van der Waals surface area (Å²) in [5, 5.41) is 13.1. The van der Waals surface area contributed by atoms with Gasteiger partial charge in [-0.3, -0.25) is 4.98 Å². The molecule has 2 saturated heterocycles. The lowest BCUT2D eigenvalue weighted by Gasteiger charge is -2.37. The number of hydrogen-bond donors (Lipinski definition) is 1. The van der Waals surface area contributed by atoms with Gasteiger partial charge >= 0.3 is 0 Å². The largest absolute Gasteiger partial charge is 0.370 e. The maximum atomic E-state index is 9.47. The number of anilines is 1. The van der Waals surface area contributed by atoms with Crippen LogP contribution in [0.4, 0.5) is 5.69 Å². The summed E-state index contributed by atoms with van der Waals surface area (Å²) >= 11 is 0. The molecule has 1 aromatic heterocycles. The van der Waals surface area contributed by atoms with Crippen molar-refractivity contribution in [1.29, 1.82) is 5.26 Å². The van der Waals surface area contributed by atoms with Crippen molar-refractivity contribution in [3.05, 3.63) is 23.0 Å². The standard InChI is InChI=1S/C17H24N4/c1-12-9-17(15(10-18)13(2)20-12)21-8-4-5-14(11-21)16-6-3-7-19-16/h9,14,16,19H,3-8,11H2,1-2H3. The predicted molar refractivity (Wildman–Crippen MR) is 84.4 cm³/mol. The number of pyridine rings is 1. The lowest BCUT2D eigenvalue weighted by molar-refractivity contribution is 0.328. The first-order valence-corrected chi connectivity index (χ1v) is 8.05. The van der Waals surface area contributed by atoms with Gasteiger partial charge in [0, 0.05) is 24.8 Å². The highest BCUT2D eigenvalue weighted by Crippen LogP contribution is 2.31. The summed E-state index contributed by atoms with van der Waals surface area (Å²) in [6.07, 6.45) is 5.13. The molecule has 4 nitrogen and oxygen atoms in total. The van der Waals surface area contributed by atoms with E-state index in [1.54, 1.807) is 0 Å². The zero-order valence-corrected chi connectivity index (χ0v) is 13.0. The minimum absolute atomic E-state index is 0.669. The van der Waals surface area contributed by atoms with Crippen LogP contribution in [0.15, 0.2) is 6.07 Å². The lowest BCUT2D eigenvalue weighted by Crippen LogP contribution is -2.43. The van der Waals surface area contributed by atoms with E-state index in [1.807, 2.05) is 13.8 Å². The molecule has 2 aliphatic rings. The zero-order chi connectivity index (χ0) is 14.8. The van der Waals surface area contributed by atoms with Crippen LogP contribution < -0.4 is 10.2 Å². The molecule has 2 unspecified atom stereocenters. The van der Waals surface area contributed by atoms with Crippen LogP contribution in [-0.2, 0) is 0 Å². The van der Waals surface area contributed by atoms with Crippen molar-refractivity contribution in [3.63, 3.8) is 0 Å². The number of hydrogen-bond acceptors (Lipinski definition) is 4. The van der Waals surface area contributed by atoms with Gasteiger partial charge in [0.05, 0.1) is 16.9 Å². The number of aromatic nitrogens is 1. The summed E-state index contributed by atoms with van der Waals surface area (Å²) in [6.45, 7) is 7.24. The summed E-state index contributed by atoms with van der Waals surface area (Å²) in [5.41, 5.74) is 3.70. The van der Waals surface area contributed by atoms with Gasteiger partial charge in [-0.2, -0.15) is 5.26 Å². The summed E-state index contributed by atoms with van der Waals surface area (Å²) in [5.74, 6) is 0.710. The van der Waals surface area contributed by atoms with Crippen LogP contribution in [0.25, 0.3) is 0 Å². The van der Waals surface area contributed by atoms with E-state index >= 15 is 0 Å². The number of rotatable bonds is 2. The summed E-state index contributed by atoms with van der Waals surface area (Å²) in [6, 6.07) is 5.10. The third kappa shape index (κ3) is 2.89. The highest BCUT2D eigenvalue weighted by molar-refractivity contribution is 5.61. The number of piperidine rings is 1. The van der Waals surface area contributed by atoms with Gasteiger partial charge in [0.25, 0.3) is 0 Å². The molecule has 3 heterocycles. The smallest absolute Gasteiger partial charge is 0.103 e. The Labute approximate surface area is 127 Å². The highest BCUT2D eigenvalue weighted by Gasteiger charge is 2.30. The average molecular weight is 284 g/mol. The van der Waals surface area contributed by atoms with Crippen LogP contribution in [0.5, 0.6) is 0 Å². The molecule has 0 amide bonds. The minimum atomic E-state index is 0.669. The molecule has 4 heteroatoms. The van der Waals surface area contributed by atoms with E-state index in [0.717, 1.165) is 42.3 Å². The van der Waals surface area contributed by atoms with E-state index < -0.39 is 0 Å². The van der Waals surface area contributed by atoms with E-state index in [4.69, 9.17) is 0 Å². The average Bonchev–Trinajstić information content (AvgIpc) is 3.01. The number of nitrogens with zero attached hydrogens (tertiary/aromatic N) is 3. The molecule has 1 aromatic rings. The van der Waals surface area contributed by atoms with E-state index in [2.05, 4.69) is 27.3 Å². The van der Waals surface area contributed by atoms with Crippen molar-refractivity contribution in [2.24, 2.45) is 5.92 Å². The maximum absolute atomic E-state index is 9.47. The molecule has 112 valence electrons. The van der Waals surface area contributed by atoms with Gasteiger partial charge in [-0.25, -0.2) is 0 Å². The maximum Gasteiger partial charge on any atom is 0.103 e. The summed E-state index contributed by atoms with van der Waals surface area (Å²) < 4.78 is 0. The predicted octanol–water partition coefficient (Wildman–Crippen LogP) is 2.54. The molecule has 0 bridgehead atoms. The Balaban J connectivity index is 1.84. The Hall–Kier alpha value is -1.60. The molecular weight excluding hydrogens is 260 g/mol. The molecule has 2 atom stereocenters. The van der Waals surface area contributed by atoms with Crippen molar-refractivity contribution in [1.82, 2.24) is 10.3 Å². The molecular formula is C17H24N4. The van der Waals surface area contributed by atoms with Gasteiger partial charge in [-0.15, -0.1) is 0 Å². The molecule has 0 saturated carbocycles. The number of aryl methyl sites for hydroxylation is 2. The van der Waals surface area contributed by atoms with Crippen molar-refractivity contribution >= 4 is 5.69 Å². The first-order chi connectivity index (χ1) is 10.2. The van der Waals surface area contributed by atoms with Gasteiger partial charge in [0.2, 0.25) is 0 Å². The monoisotopic (exact) mass is 284 g/mol. The molecule has 1 N–H and O–H groups in total. The van der Waals surface area contributed by atoms with Crippen molar-refractivity contribution in [2.75, 3.05) is 24.5 Å². The molecule has 3 rings (SSSR count). The molecule has 0 spiro atoms. The van der Waals surface area contributed by atoms with Crippen molar-refractivity contribution in [2.45, 2.75) is 45.6 Å². The van der Waals surface area contributed by atoms with Crippen molar-refractivity contribution < 1.29 is 0 Å². The normalized spacial score (nSPS) is 25.9. The molecule has 2 fully saturated rings. The molecule has 0 radical (unpaired) electrons. The fourth-order valence-electron chi connectivity index (χ4n) is 3.87. The first-order valence-electron chi connectivity index (χ1n) is 8.05. The first kappa shape index (κ1) is 14.3. The van der Waals surface area contributed by atoms with E-state index in [1.165, 1.54) is 25.7 Å². The van der Waals surface area contributed by atoms with Gasteiger partial charge < -0.3 is 10.2 Å². The van der Waals surface area contributed by atoms with Crippen LogP contribution in [0.3, 0.4) is 0 Å². The SMILES string of the molecule is Cc1cc(N2CCCC(C3CCCN3)C2)c(C#N)c(C)n1. The highest BCUT2D eigenvalue weighted by atomic mass is 15.2. The number of nitrogens with one attached hydrogen (secondary N) is 1. The summed E-state index contributed by atoms with van der Waals surface area (Å²) in [4.78, 5) is 6.85. The summed E-state index contributed by atoms with van der Waals surface area (Å²) in [7, 11) is 0. The minimum Gasteiger partial charge on any atom is -0.370 e. The van der Waals surface area contributed by atoms with Crippen LogP contribution >= 0.6 is 0 Å². The van der Waals surface area contributed by atoms with Crippen molar-refractivity contribution in [3.8, 4) is 6.07 Å². The van der Waals surface area contributed by atoms with E-state index in [0.29, 0.717) is 12.0 Å². The van der Waals surface area contributed by atoms with Crippen LogP contribution in [0.2, 0.25) is 0 Å². The fourth-order valence-corrected chi connectivity index (χ4v) is 3.87. The molecule has 0 aromatic carbocycles. The quantitative estimate of drug-likeness (QED) is 0.906. The second kappa shape index (κ2) is 6.03. The zero-order valence-electron chi connectivity index (χ0n) is 13.0. The Kier molecular flexibility index (Phi) is 4.12. The van der Waals surface area contributed by atoms with E-state index in [-0.39, 0.29) is 0 Å². The van der Waals surface area contributed by atoms with E-state index in [9.17, 15) is 5.26 Å². The lowest BCUT2D eigenvalue weighted by atomic mass is 9.89. The van der Waals surface area contributed by atoms with Gasteiger partial charge in [0.1, 0.15) is 6.07 Å². The third-order valence-electron chi connectivity index (χ3n) is 4.89. The van der Waals surface area contributed by atoms with Gasteiger partial charge in [-0.1, -0.05) is 0 Å². The Bertz CT molecular complexity index is 555. The molecule has 0 aliphatic carbocycles. The van der Waals surface area contributed by atoms with Crippen LogP contribution in [0, 0.1) is 31.1 Å². The number of nitriles is 1. The second-order valence-corrected chi connectivity index (χ2v) is 6.41. The van der Waals surface area contributed by atoms with Gasteiger partial charge in [-0.05, 0) is 58.1 Å². The Morgan fingerprint density at radius 2 is 2.19 bits per heavy atom. The second-order valence-electron chi connectivity index (χ2n) is 6.41. The third-order valence-corrected chi connectivity index (χ3v) is 4.89. The molecule has 21 heavy (non-hydrogen) atoms. The topological polar surface area (TPSA) is 52.0 Å². The van der Waals surface area contributed by atoms with Gasteiger partial charge in [0.15, 0.2) is 0 Å².